The van der Waals surface area contributed by atoms with Crippen LogP contribution in [-0.2, 0) is 0 Å². The number of hydrogen-bond donors (Lipinski definition) is 0. The van der Waals surface area contributed by atoms with Gasteiger partial charge in [-0.15, -0.1) is 0 Å². The molecule has 5 rings (SSSR count). The monoisotopic (exact) mass is 396 g/mol. The molecule has 148 valence electrons. The zero-order valence-electron chi connectivity index (χ0n) is 17.6. The minimum atomic E-state index is 1.23. The van der Waals surface area contributed by atoms with Crippen LogP contribution in [0.1, 0.15) is 5.56 Å². The van der Waals surface area contributed by atoms with Gasteiger partial charge < -0.3 is 0 Å². The van der Waals surface area contributed by atoms with Gasteiger partial charge in [-0.05, 0) is 63.1 Å². The SMILES string of the molecule is Cc1c(-c2ccccc2)cc(-c2ccccc2)c(-c2ccccc2)c1-c1ccccc1. The Bertz CT molecular complexity index is 1290. The first-order valence-corrected chi connectivity index (χ1v) is 10.7. The van der Waals surface area contributed by atoms with Crippen molar-refractivity contribution >= 4 is 0 Å². The van der Waals surface area contributed by atoms with Crippen LogP contribution in [0, 0.1) is 6.92 Å². The molecule has 0 aliphatic rings. The van der Waals surface area contributed by atoms with E-state index in [1.165, 1.54) is 50.1 Å². The van der Waals surface area contributed by atoms with Crippen LogP contribution in [0.2, 0.25) is 0 Å². The Morgan fingerprint density at radius 1 is 0.355 bits per heavy atom. The molecule has 0 radical (unpaired) electrons. The number of hydrogen-bond acceptors (Lipinski definition) is 0. The third-order valence-corrected chi connectivity index (χ3v) is 5.88. The lowest BCUT2D eigenvalue weighted by atomic mass is 9.81. The van der Waals surface area contributed by atoms with Crippen molar-refractivity contribution in [3.8, 4) is 44.5 Å². The van der Waals surface area contributed by atoms with E-state index in [1.807, 2.05) is 0 Å². The summed E-state index contributed by atoms with van der Waals surface area (Å²) < 4.78 is 0. The molecule has 0 saturated heterocycles. The predicted molar refractivity (Wildman–Crippen MR) is 133 cm³/mol. The van der Waals surface area contributed by atoms with Gasteiger partial charge in [-0.3, -0.25) is 0 Å². The van der Waals surface area contributed by atoms with Crippen molar-refractivity contribution in [3.63, 3.8) is 0 Å². The van der Waals surface area contributed by atoms with Gasteiger partial charge in [-0.1, -0.05) is 121 Å². The fourth-order valence-electron chi connectivity index (χ4n) is 4.41. The Morgan fingerprint density at radius 3 is 1.16 bits per heavy atom. The van der Waals surface area contributed by atoms with Crippen molar-refractivity contribution in [1.82, 2.24) is 0 Å². The van der Waals surface area contributed by atoms with Crippen LogP contribution in [0.4, 0.5) is 0 Å². The van der Waals surface area contributed by atoms with Crippen LogP contribution in [0.25, 0.3) is 44.5 Å². The molecule has 0 unspecified atom stereocenters. The van der Waals surface area contributed by atoms with Gasteiger partial charge in [-0.2, -0.15) is 0 Å². The summed E-state index contributed by atoms with van der Waals surface area (Å²) in [5, 5.41) is 0. The molecule has 0 nitrogen and oxygen atoms in total. The molecule has 0 fully saturated rings. The fourth-order valence-corrected chi connectivity index (χ4v) is 4.41. The standard InChI is InChI=1S/C31H24/c1-23-28(24-14-6-2-7-15-24)22-29(25-16-8-3-9-17-25)31(27-20-12-5-13-21-27)30(23)26-18-10-4-11-19-26/h2-22H,1H3. The third-order valence-electron chi connectivity index (χ3n) is 5.88. The first kappa shape index (κ1) is 19.1. The minimum Gasteiger partial charge on any atom is -0.0622 e. The maximum absolute atomic E-state index is 2.37. The number of rotatable bonds is 4. The van der Waals surface area contributed by atoms with Crippen LogP contribution in [0.3, 0.4) is 0 Å². The lowest BCUT2D eigenvalue weighted by Gasteiger charge is -2.22. The van der Waals surface area contributed by atoms with E-state index in [0.29, 0.717) is 0 Å². The van der Waals surface area contributed by atoms with Crippen molar-refractivity contribution in [2.24, 2.45) is 0 Å². The molecular formula is C31H24. The highest BCUT2D eigenvalue weighted by Crippen LogP contribution is 2.45. The lowest BCUT2D eigenvalue weighted by Crippen LogP contribution is -1.97. The first-order chi connectivity index (χ1) is 15.3. The van der Waals surface area contributed by atoms with Crippen LogP contribution in [0.15, 0.2) is 127 Å². The summed E-state index contributed by atoms with van der Waals surface area (Å²) in [6.45, 7) is 2.26. The van der Waals surface area contributed by atoms with E-state index >= 15 is 0 Å². The summed E-state index contributed by atoms with van der Waals surface area (Å²) in [5.41, 5.74) is 11.4. The molecule has 0 amide bonds. The third kappa shape index (κ3) is 3.69. The average Bonchev–Trinajstić information content (AvgIpc) is 2.86. The smallest absolute Gasteiger partial charge is 0.00237 e. The molecule has 0 spiro atoms. The van der Waals surface area contributed by atoms with Gasteiger partial charge in [0.05, 0.1) is 0 Å². The molecule has 0 N–H and O–H groups in total. The average molecular weight is 397 g/mol. The summed E-state index contributed by atoms with van der Waals surface area (Å²) >= 11 is 0. The van der Waals surface area contributed by atoms with Gasteiger partial charge in [-0.25, -0.2) is 0 Å². The maximum Gasteiger partial charge on any atom is -0.00237 e. The highest BCUT2D eigenvalue weighted by atomic mass is 14.2. The largest absolute Gasteiger partial charge is 0.0622 e. The van der Waals surface area contributed by atoms with E-state index in [0.717, 1.165) is 0 Å². The Kier molecular flexibility index (Phi) is 5.21. The predicted octanol–water partition coefficient (Wildman–Crippen LogP) is 8.66. The van der Waals surface area contributed by atoms with Gasteiger partial charge >= 0.3 is 0 Å². The van der Waals surface area contributed by atoms with Crippen molar-refractivity contribution in [3.05, 3.63) is 133 Å². The topological polar surface area (TPSA) is 0 Å². The molecule has 5 aromatic carbocycles. The van der Waals surface area contributed by atoms with E-state index in [9.17, 15) is 0 Å². The summed E-state index contributed by atoms with van der Waals surface area (Å²) in [4.78, 5) is 0. The van der Waals surface area contributed by atoms with Crippen LogP contribution >= 0.6 is 0 Å². The lowest BCUT2D eigenvalue weighted by molar-refractivity contribution is 1.43. The second-order valence-electron chi connectivity index (χ2n) is 7.81. The van der Waals surface area contributed by atoms with Gasteiger partial charge in [0.25, 0.3) is 0 Å². The number of benzene rings is 5. The Hall–Kier alpha value is -3.90. The highest BCUT2D eigenvalue weighted by molar-refractivity contribution is 5.99. The van der Waals surface area contributed by atoms with E-state index < -0.39 is 0 Å². The Morgan fingerprint density at radius 2 is 0.710 bits per heavy atom. The van der Waals surface area contributed by atoms with Gasteiger partial charge in [0.2, 0.25) is 0 Å². The van der Waals surface area contributed by atoms with E-state index in [1.54, 1.807) is 0 Å². The molecule has 31 heavy (non-hydrogen) atoms. The molecule has 0 heterocycles. The molecule has 0 saturated carbocycles. The molecule has 0 aliphatic heterocycles. The van der Waals surface area contributed by atoms with E-state index in [4.69, 9.17) is 0 Å². The van der Waals surface area contributed by atoms with Crippen molar-refractivity contribution in [2.75, 3.05) is 0 Å². The van der Waals surface area contributed by atoms with E-state index in [2.05, 4.69) is 134 Å². The van der Waals surface area contributed by atoms with Crippen molar-refractivity contribution < 1.29 is 0 Å². The highest BCUT2D eigenvalue weighted by Gasteiger charge is 2.20. The molecule has 0 aliphatic carbocycles. The zero-order chi connectivity index (χ0) is 21.0. The summed E-state index contributed by atoms with van der Waals surface area (Å²) in [6.07, 6.45) is 0. The molecule has 0 atom stereocenters. The summed E-state index contributed by atoms with van der Waals surface area (Å²) in [5.74, 6) is 0. The van der Waals surface area contributed by atoms with Crippen molar-refractivity contribution in [1.29, 1.82) is 0 Å². The molecule has 5 aromatic rings. The van der Waals surface area contributed by atoms with Gasteiger partial charge in [0.15, 0.2) is 0 Å². The normalized spacial score (nSPS) is 10.7. The molecular weight excluding hydrogens is 372 g/mol. The van der Waals surface area contributed by atoms with Crippen LogP contribution in [-0.4, -0.2) is 0 Å². The Balaban J connectivity index is 1.93. The second-order valence-corrected chi connectivity index (χ2v) is 7.81. The maximum atomic E-state index is 2.37. The minimum absolute atomic E-state index is 1.23. The first-order valence-electron chi connectivity index (χ1n) is 10.7. The summed E-state index contributed by atoms with van der Waals surface area (Å²) in [6, 6.07) is 45.4. The van der Waals surface area contributed by atoms with Crippen LogP contribution < -0.4 is 0 Å². The van der Waals surface area contributed by atoms with E-state index in [-0.39, 0.29) is 0 Å². The summed E-state index contributed by atoms with van der Waals surface area (Å²) in [7, 11) is 0. The van der Waals surface area contributed by atoms with Gasteiger partial charge in [0.1, 0.15) is 0 Å². The molecule has 0 aromatic heterocycles. The van der Waals surface area contributed by atoms with Crippen molar-refractivity contribution in [2.45, 2.75) is 6.92 Å². The Labute approximate surface area is 184 Å². The zero-order valence-corrected chi connectivity index (χ0v) is 17.6. The quantitative estimate of drug-likeness (QED) is 0.285. The molecule has 0 bridgehead atoms. The van der Waals surface area contributed by atoms with Gasteiger partial charge in [0, 0.05) is 0 Å². The second kappa shape index (κ2) is 8.45. The fraction of sp³-hybridized carbons (Fsp3) is 0.0323. The van der Waals surface area contributed by atoms with Crippen LogP contribution in [0.5, 0.6) is 0 Å². The molecule has 0 heteroatoms.